The molecular weight excluding hydrogens is 385 g/mol. The average Bonchev–Trinajstić information content (AvgIpc) is 3.12. The molecule has 140 valence electrons. The summed E-state index contributed by atoms with van der Waals surface area (Å²) in [6.45, 7) is -0.00712. The molecule has 0 spiro atoms. The zero-order valence-corrected chi connectivity index (χ0v) is 14.4. The van der Waals surface area contributed by atoms with Crippen molar-refractivity contribution in [2.45, 2.75) is 12.7 Å². The quantitative estimate of drug-likeness (QED) is 0.567. The number of carbonyl (C=O) groups is 1. The third-order valence-electron chi connectivity index (χ3n) is 3.74. The number of hydrogen-bond acceptors (Lipinski definition) is 2. The number of halogens is 5. The minimum Gasteiger partial charge on any atom is -0.347 e. The lowest BCUT2D eigenvalue weighted by molar-refractivity contribution is -0.137. The summed E-state index contributed by atoms with van der Waals surface area (Å²) in [4.78, 5) is 13.0. The predicted octanol–water partition coefficient (Wildman–Crippen LogP) is 5.64. The first-order chi connectivity index (χ1) is 12.7. The lowest BCUT2D eigenvalue weighted by Gasteiger charge is -2.07. The number of benzene rings is 2. The van der Waals surface area contributed by atoms with E-state index in [2.05, 4.69) is 5.32 Å². The van der Waals surface area contributed by atoms with Gasteiger partial charge in [0.05, 0.1) is 10.4 Å². The van der Waals surface area contributed by atoms with E-state index >= 15 is 0 Å². The van der Waals surface area contributed by atoms with E-state index in [0.717, 1.165) is 35.6 Å². The van der Waals surface area contributed by atoms with Crippen LogP contribution in [0, 0.1) is 11.6 Å². The van der Waals surface area contributed by atoms with Crippen LogP contribution in [0.2, 0.25) is 0 Å². The van der Waals surface area contributed by atoms with Gasteiger partial charge in [-0.05, 0) is 47.5 Å². The van der Waals surface area contributed by atoms with E-state index in [0.29, 0.717) is 20.9 Å². The zero-order chi connectivity index (χ0) is 19.6. The predicted molar refractivity (Wildman–Crippen MR) is 92.3 cm³/mol. The van der Waals surface area contributed by atoms with Gasteiger partial charge in [-0.25, -0.2) is 8.78 Å². The molecule has 0 saturated carbocycles. The molecule has 0 radical (unpaired) electrons. The van der Waals surface area contributed by atoms with Crippen LogP contribution < -0.4 is 5.32 Å². The van der Waals surface area contributed by atoms with Crippen molar-refractivity contribution < 1.29 is 26.7 Å². The summed E-state index contributed by atoms with van der Waals surface area (Å²) in [6, 6.07) is 11.2. The molecule has 2 nitrogen and oxygen atoms in total. The van der Waals surface area contributed by atoms with E-state index in [-0.39, 0.29) is 6.54 Å². The molecule has 27 heavy (non-hydrogen) atoms. The molecule has 0 saturated heterocycles. The van der Waals surface area contributed by atoms with Crippen molar-refractivity contribution in [2.24, 2.45) is 0 Å². The van der Waals surface area contributed by atoms with Crippen molar-refractivity contribution in [1.29, 1.82) is 0 Å². The van der Waals surface area contributed by atoms with Crippen LogP contribution in [0.4, 0.5) is 22.0 Å². The van der Waals surface area contributed by atoms with Crippen molar-refractivity contribution in [3.8, 4) is 10.4 Å². The molecule has 3 aromatic rings. The van der Waals surface area contributed by atoms with Crippen LogP contribution in [0.1, 0.15) is 20.8 Å². The molecule has 0 atom stereocenters. The van der Waals surface area contributed by atoms with Gasteiger partial charge < -0.3 is 5.32 Å². The fourth-order valence-electron chi connectivity index (χ4n) is 2.38. The second kappa shape index (κ2) is 7.48. The molecule has 0 aliphatic heterocycles. The van der Waals surface area contributed by atoms with Gasteiger partial charge in [-0.1, -0.05) is 18.2 Å². The molecule has 1 N–H and O–H groups in total. The molecule has 0 bridgehead atoms. The first-order valence-electron chi connectivity index (χ1n) is 7.73. The van der Waals surface area contributed by atoms with E-state index in [1.165, 1.54) is 24.3 Å². The number of carbonyl (C=O) groups excluding carboxylic acids is 1. The lowest BCUT2D eigenvalue weighted by Crippen LogP contribution is -2.21. The summed E-state index contributed by atoms with van der Waals surface area (Å²) in [5, 5.41) is 2.56. The molecule has 0 unspecified atom stereocenters. The highest BCUT2D eigenvalue weighted by atomic mass is 32.1. The minimum absolute atomic E-state index is 0.00712. The Balaban J connectivity index is 1.71. The normalized spacial score (nSPS) is 11.4. The van der Waals surface area contributed by atoms with Gasteiger partial charge in [0.2, 0.25) is 0 Å². The number of amides is 1. The van der Waals surface area contributed by atoms with Crippen molar-refractivity contribution in [2.75, 3.05) is 0 Å². The molecular formula is C19H12F5NOS. The molecule has 0 aliphatic rings. The molecule has 2 aromatic carbocycles. The van der Waals surface area contributed by atoms with Gasteiger partial charge in [-0.3, -0.25) is 4.79 Å². The van der Waals surface area contributed by atoms with Crippen LogP contribution in [0.15, 0.2) is 54.6 Å². The average molecular weight is 397 g/mol. The molecule has 8 heteroatoms. The van der Waals surface area contributed by atoms with Crippen LogP contribution in [0.25, 0.3) is 10.4 Å². The maximum absolute atomic E-state index is 13.2. The Kier molecular flexibility index (Phi) is 5.27. The number of hydrogen-bond donors (Lipinski definition) is 1. The van der Waals surface area contributed by atoms with Gasteiger partial charge in [0.25, 0.3) is 5.91 Å². The Morgan fingerprint density at radius 2 is 1.74 bits per heavy atom. The molecule has 0 fully saturated rings. The Bertz CT molecular complexity index is 980. The summed E-state index contributed by atoms with van der Waals surface area (Å²) >= 11 is 1.04. The monoisotopic (exact) mass is 397 g/mol. The van der Waals surface area contributed by atoms with Gasteiger partial charge in [-0.2, -0.15) is 13.2 Å². The van der Waals surface area contributed by atoms with Crippen LogP contribution in [0.3, 0.4) is 0 Å². The summed E-state index contributed by atoms with van der Waals surface area (Å²) in [7, 11) is 0. The first kappa shape index (κ1) is 19.0. The van der Waals surface area contributed by atoms with Crippen LogP contribution in [-0.2, 0) is 12.7 Å². The highest BCUT2D eigenvalue weighted by Gasteiger charge is 2.30. The van der Waals surface area contributed by atoms with E-state index in [9.17, 15) is 26.7 Å². The van der Waals surface area contributed by atoms with Crippen LogP contribution in [0.5, 0.6) is 0 Å². The summed E-state index contributed by atoms with van der Waals surface area (Å²) in [6.07, 6.45) is -4.45. The van der Waals surface area contributed by atoms with Gasteiger partial charge in [0.1, 0.15) is 0 Å². The Hall–Kier alpha value is -2.74. The van der Waals surface area contributed by atoms with Gasteiger partial charge in [-0.15, -0.1) is 11.3 Å². The molecule has 1 heterocycles. The Morgan fingerprint density at radius 1 is 0.963 bits per heavy atom. The maximum atomic E-state index is 13.2. The topological polar surface area (TPSA) is 29.1 Å². The largest absolute Gasteiger partial charge is 0.416 e. The fraction of sp³-hybridized carbons (Fsp3) is 0.105. The van der Waals surface area contributed by atoms with E-state index in [1.54, 1.807) is 6.07 Å². The number of nitrogens with one attached hydrogen (secondary N) is 1. The summed E-state index contributed by atoms with van der Waals surface area (Å²) in [5.41, 5.74) is -0.0240. The first-order valence-corrected chi connectivity index (χ1v) is 8.55. The Morgan fingerprint density at radius 3 is 2.44 bits per heavy atom. The highest BCUT2D eigenvalue weighted by molar-refractivity contribution is 7.17. The van der Waals surface area contributed by atoms with E-state index in [4.69, 9.17) is 0 Å². The van der Waals surface area contributed by atoms with E-state index < -0.39 is 29.3 Å². The smallest absolute Gasteiger partial charge is 0.347 e. The third kappa shape index (κ3) is 4.51. The number of rotatable bonds is 4. The second-order valence-electron chi connectivity index (χ2n) is 5.67. The molecule has 1 amide bonds. The number of thiophene rings is 1. The van der Waals surface area contributed by atoms with Crippen molar-refractivity contribution in [3.63, 3.8) is 0 Å². The van der Waals surface area contributed by atoms with Crippen molar-refractivity contribution >= 4 is 17.2 Å². The van der Waals surface area contributed by atoms with Gasteiger partial charge in [0, 0.05) is 11.4 Å². The standard InChI is InChI=1S/C19H12F5NOS/c20-14-5-4-11(8-15(14)21)10-25-18(26)17-7-6-16(27-17)12-2-1-3-13(9-12)19(22,23)24/h1-9H,10H2,(H,25,26). The molecule has 0 aliphatic carbocycles. The summed E-state index contributed by atoms with van der Waals surface area (Å²) < 4.78 is 64.5. The maximum Gasteiger partial charge on any atom is 0.416 e. The van der Waals surface area contributed by atoms with E-state index in [1.807, 2.05) is 0 Å². The van der Waals surface area contributed by atoms with Gasteiger partial charge >= 0.3 is 6.18 Å². The van der Waals surface area contributed by atoms with Gasteiger partial charge in [0.15, 0.2) is 11.6 Å². The number of alkyl halides is 3. The van der Waals surface area contributed by atoms with Crippen molar-refractivity contribution in [1.82, 2.24) is 5.32 Å². The fourth-order valence-corrected chi connectivity index (χ4v) is 3.30. The van der Waals surface area contributed by atoms with Crippen LogP contribution >= 0.6 is 11.3 Å². The Labute approximate surface area is 155 Å². The zero-order valence-electron chi connectivity index (χ0n) is 13.6. The lowest BCUT2D eigenvalue weighted by atomic mass is 10.1. The summed E-state index contributed by atoms with van der Waals surface area (Å²) in [5.74, 6) is -2.44. The molecule has 3 rings (SSSR count). The third-order valence-corrected chi connectivity index (χ3v) is 4.87. The van der Waals surface area contributed by atoms with Crippen molar-refractivity contribution in [3.05, 3.63) is 82.2 Å². The molecule has 1 aromatic heterocycles. The van der Waals surface area contributed by atoms with Crippen LogP contribution in [-0.4, -0.2) is 5.91 Å². The highest BCUT2D eigenvalue weighted by Crippen LogP contribution is 2.34. The second-order valence-corrected chi connectivity index (χ2v) is 6.76. The minimum atomic E-state index is -4.45. The SMILES string of the molecule is O=C(NCc1ccc(F)c(F)c1)c1ccc(-c2cccc(C(F)(F)F)c2)s1.